The fourth-order valence-electron chi connectivity index (χ4n) is 2.07. The maximum Gasteiger partial charge on any atom is 0.258 e. The Balaban J connectivity index is 2.54. The third-order valence-corrected chi connectivity index (χ3v) is 3.55. The normalized spacial score (nSPS) is 11.2. The number of carbonyl (C=O) groups is 1. The van der Waals surface area contributed by atoms with Crippen molar-refractivity contribution in [2.24, 2.45) is 11.8 Å². The van der Waals surface area contributed by atoms with Crippen LogP contribution in [-0.2, 0) is 4.79 Å². The van der Waals surface area contributed by atoms with E-state index in [1.54, 1.807) is 18.2 Å². The van der Waals surface area contributed by atoms with Crippen molar-refractivity contribution in [3.8, 4) is 5.75 Å². The van der Waals surface area contributed by atoms with Gasteiger partial charge in [-0.15, -0.1) is 0 Å². The summed E-state index contributed by atoms with van der Waals surface area (Å²) in [5.74, 6) is 1.05. The summed E-state index contributed by atoms with van der Waals surface area (Å²) in [6, 6.07) is 5.04. The highest BCUT2D eigenvalue weighted by Crippen LogP contribution is 2.27. The van der Waals surface area contributed by atoms with E-state index in [0.717, 1.165) is 0 Å². The van der Waals surface area contributed by atoms with Crippen molar-refractivity contribution in [2.75, 3.05) is 6.61 Å². The van der Waals surface area contributed by atoms with E-state index in [-0.39, 0.29) is 18.6 Å². The van der Waals surface area contributed by atoms with Crippen molar-refractivity contribution in [3.05, 3.63) is 28.2 Å². The number of amides is 1. The Morgan fingerprint density at radius 3 is 2.30 bits per heavy atom. The van der Waals surface area contributed by atoms with Crippen molar-refractivity contribution in [2.45, 2.75) is 33.7 Å². The molecule has 0 saturated carbocycles. The lowest BCUT2D eigenvalue weighted by atomic mass is 9.93. The highest BCUT2D eigenvalue weighted by atomic mass is 35.5. The van der Waals surface area contributed by atoms with Crippen LogP contribution < -0.4 is 10.1 Å². The Bertz CT molecular complexity index is 453. The molecule has 112 valence electrons. The molecule has 0 bridgehead atoms. The van der Waals surface area contributed by atoms with E-state index in [1.807, 2.05) is 0 Å². The molecule has 0 radical (unpaired) electrons. The fraction of sp³-hybridized carbons (Fsp3) is 0.533. The first-order valence-electron chi connectivity index (χ1n) is 6.68. The third kappa shape index (κ3) is 5.22. The van der Waals surface area contributed by atoms with Crippen LogP contribution in [0.3, 0.4) is 0 Å². The largest absolute Gasteiger partial charge is 0.482 e. The zero-order valence-electron chi connectivity index (χ0n) is 12.2. The van der Waals surface area contributed by atoms with Crippen LogP contribution in [0, 0.1) is 11.8 Å². The predicted octanol–water partition coefficient (Wildman–Crippen LogP) is 4.17. The second-order valence-electron chi connectivity index (χ2n) is 5.44. The molecule has 1 aromatic carbocycles. The van der Waals surface area contributed by atoms with Crippen molar-refractivity contribution in [1.29, 1.82) is 0 Å². The summed E-state index contributed by atoms with van der Waals surface area (Å²) in [5, 5.41) is 3.92. The van der Waals surface area contributed by atoms with E-state index >= 15 is 0 Å². The van der Waals surface area contributed by atoms with Gasteiger partial charge in [-0.1, -0.05) is 50.9 Å². The molecule has 0 aliphatic carbocycles. The highest BCUT2D eigenvalue weighted by molar-refractivity contribution is 6.35. The molecule has 20 heavy (non-hydrogen) atoms. The Morgan fingerprint density at radius 1 is 1.20 bits per heavy atom. The van der Waals surface area contributed by atoms with Gasteiger partial charge in [0.2, 0.25) is 0 Å². The number of carbonyl (C=O) groups excluding carboxylic acids is 1. The molecule has 0 aliphatic rings. The van der Waals surface area contributed by atoms with Crippen molar-refractivity contribution >= 4 is 29.1 Å². The van der Waals surface area contributed by atoms with E-state index in [4.69, 9.17) is 27.9 Å². The van der Waals surface area contributed by atoms with Crippen molar-refractivity contribution < 1.29 is 9.53 Å². The Hall–Kier alpha value is -0.930. The first kappa shape index (κ1) is 17.1. The van der Waals surface area contributed by atoms with Gasteiger partial charge in [0.1, 0.15) is 5.75 Å². The molecule has 5 heteroatoms. The van der Waals surface area contributed by atoms with E-state index in [2.05, 4.69) is 33.0 Å². The molecule has 1 rings (SSSR count). The van der Waals surface area contributed by atoms with Gasteiger partial charge in [-0.3, -0.25) is 4.79 Å². The number of benzene rings is 1. The van der Waals surface area contributed by atoms with Crippen LogP contribution in [0.25, 0.3) is 0 Å². The Labute approximate surface area is 130 Å². The number of nitrogens with one attached hydrogen (secondary N) is 1. The first-order valence-corrected chi connectivity index (χ1v) is 7.44. The zero-order chi connectivity index (χ0) is 15.3. The zero-order valence-corrected chi connectivity index (χ0v) is 13.8. The summed E-state index contributed by atoms with van der Waals surface area (Å²) in [6.45, 7) is 8.28. The molecule has 0 atom stereocenters. The SMILES string of the molecule is CC(C)C(NC(=O)COc1ccc(Cl)cc1Cl)C(C)C. The maximum absolute atomic E-state index is 11.9. The number of hydrogen-bond donors (Lipinski definition) is 1. The van der Waals surface area contributed by atoms with Gasteiger partial charge in [0.15, 0.2) is 6.61 Å². The molecule has 0 spiro atoms. The number of ether oxygens (including phenoxy) is 1. The summed E-state index contributed by atoms with van der Waals surface area (Å²) < 4.78 is 5.41. The molecule has 3 nitrogen and oxygen atoms in total. The quantitative estimate of drug-likeness (QED) is 0.855. The van der Waals surface area contributed by atoms with E-state index in [1.165, 1.54) is 0 Å². The predicted molar refractivity (Wildman–Crippen MR) is 83.6 cm³/mol. The minimum Gasteiger partial charge on any atom is -0.482 e. The summed E-state index contributed by atoms with van der Waals surface area (Å²) in [4.78, 5) is 11.9. The van der Waals surface area contributed by atoms with Crippen LogP contribution in [0.1, 0.15) is 27.7 Å². The van der Waals surface area contributed by atoms with E-state index in [0.29, 0.717) is 27.6 Å². The van der Waals surface area contributed by atoms with Gasteiger partial charge in [-0.2, -0.15) is 0 Å². The standard InChI is InChI=1S/C15H21Cl2NO2/c1-9(2)15(10(3)4)18-14(19)8-20-13-6-5-11(16)7-12(13)17/h5-7,9-10,15H,8H2,1-4H3,(H,18,19). The molecule has 1 N–H and O–H groups in total. The minimum atomic E-state index is -0.150. The average Bonchev–Trinajstić information content (AvgIpc) is 2.34. The van der Waals surface area contributed by atoms with Gasteiger partial charge in [0, 0.05) is 11.1 Å². The molecule has 0 unspecified atom stereocenters. The van der Waals surface area contributed by atoms with Crippen LogP contribution in [0.5, 0.6) is 5.75 Å². The number of halogens is 2. The van der Waals surface area contributed by atoms with Gasteiger partial charge in [-0.25, -0.2) is 0 Å². The van der Waals surface area contributed by atoms with Crippen molar-refractivity contribution in [1.82, 2.24) is 5.32 Å². The van der Waals surface area contributed by atoms with Crippen LogP contribution in [0.15, 0.2) is 18.2 Å². The van der Waals surface area contributed by atoms with Crippen LogP contribution in [0.4, 0.5) is 0 Å². The molecule has 0 aliphatic heterocycles. The first-order chi connectivity index (χ1) is 9.31. The molecule has 0 aromatic heterocycles. The van der Waals surface area contributed by atoms with Gasteiger partial charge in [-0.05, 0) is 30.0 Å². The number of hydrogen-bond acceptors (Lipinski definition) is 2. The summed E-state index contributed by atoms with van der Waals surface area (Å²) in [5.41, 5.74) is 0. The topological polar surface area (TPSA) is 38.3 Å². The van der Waals surface area contributed by atoms with Crippen LogP contribution in [0.2, 0.25) is 10.0 Å². The average molecular weight is 318 g/mol. The minimum absolute atomic E-state index is 0.0582. The van der Waals surface area contributed by atoms with Gasteiger partial charge < -0.3 is 10.1 Å². The third-order valence-electron chi connectivity index (χ3n) is 3.02. The molecular weight excluding hydrogens is 297 g/mol. The summed E-state index contributed by atoms with van der Waals surface area (Å²) in [7, 11) is 0. The van der Waals surface area contributed by atoms with Crippen molar-refractivity contribution in [3.63, 3.8) is 0 Å². The van der Waals surface area contributed by atoms with Crippen LogP contribution >= 0.6 is 23.2 Å². The smallest absolute Gasteiger partial charge is 0.258 e. The lowest BCUT2D eigenvalue weighted by Gasteiger charge is -2.26. The van der Waals surface area contributed by atoms with Gasteiger partial charge in [0.05, 0.1) is 5.02 Å². The number of rotatable bonds is 6. The molecule has 1 aromatic rings. The van der Waals surface area contributed by atoms with E-state index in [9.17, 15) is 4.79 Å². The second-order valence-corrected chi connectivity index (χ2v) is 6.29. The highest BCUT2D eigenvalue weighted by Gasteiger charge is 2.19. The molecule has 1 amide bonds. The van der Waals surface area contributed by atoms with Crippen LogP contribution in [-0.4, -0.2) is 18.6 Å². The Kier molecular flexibility index (Phi) is 6.63. The Morgan fingerprint density at radius 2 is 1.80 bits per heavy atom. The summed E-state index contributed by atoms with van der Waals surface area (Å²) in [6.07, 6.45) is 0. The lowest BCUT2D eigenvalue weighted by molar-refractivity contribution is -0.124. The fourth-order valence-corrected chi connectivity index (χ4v) is 2.53. The second kappa shape index (κ2) is 7.75. The molecule has 0 fully saturated rings. The van der Waals surface area contributed by atoms with E-state index < -0.39 is 0 Å². The summed E-state index contributed by atoms with van der Waals surface area (Å²) >= 11 is 11.8. The molecular formula is C15H21Cl2NO2. The monoisotopic (exact) mass is 317 g/mol. The lowest BCUT2D eigenvalue weighted by Crippen LogP contribution is -2.44. The van der Waals surface area contributed by atoms with Gasteiger partial charge in [0.25, 0.3) is 5.91 Å². The maximum atomic E-state index is 11.9. The molecule has 0 saturated heterocycles. The van der Waals surface area contributed by atoms with Gasteiger partial charge >= 0.3 is 0 Å². The molecule has 0 heterocycles.